The second-order valence-corrected chi connectivity index (χ2v) is 17.1. The topological polar surface area (TPSA) is 8.17 Å². The summed E-state index contributed by atoms with van der Waals surface area (Å²) < 4.78 is 2.40. The van der Waals surface area contributed by atoms with Gasteiger partial charge in [-0.3, -0.25) is 0 Å². The van der Waals surface area contributed by atoms with Crippen LogP contribution in [-0.2, 0) is 5.41 Å². The van der Waals surface area contributed by atoms with E-state index < -0.39 is 0 Å². The van der Waals surface area contributed by atoms with Gasteiger partial charge in [-0.15, -0.1) is 0 Å². The van der Waals surface area contributed by atoms with Gasteiger partial charge in [0.25, 0.3) is 0 Å². The lowest BCUT2D eigenvalue weighted by Crippen LogP contribution is -2.32. The minimum absolute atomic E-state index is 0.206. The third-order valence-corrected chi connectivity index (χ3v) is 14.1. The molecule has 0 N–H and O–H groups in total. The number of hydrogen-bond acceptors (Lipinski definition) is 1. The van der Waals surface area contributed by atoms with Gasteiger partial charge in [-0.25, -0.2) is 0 Å². The number of para-hydroxylation sites is 3. The Morgan fingerprint density at radius 1 is 0.381 bits per heavy atom. The van der Waals surface area contributed by atoms with Crippen LogP contribution in [0.3, 0.4) is 0 Å². The third-order valence-electron chi connectivity index (χ3n) is 14.1. The summed E-state index contributed by atoms with van der Waals surface area (Å²) in [6.45, 7) is 0. The summed E-state index contributed by atoms with van der Waals surface area (Å²) in [5, 5.41) is 2.53. The summed E-state index contributed by atoms with van der Waals surface area (Å²) in [7, 11) is 0. The van der Waals surface area contributed by atoms with Crippen molar-refractivity contribution in [2.75, 3.05) is 4.90 Å². The minimum Gasteiger partial charge on any atom is -0.310 e. The van der Waals surface area contributed by atoms with Crippen LogP contribution in [0, 0.1) is 5.92 Å². The highest BCUT2D eigenvalue weighted by Crippen LogP contribution is 2.66. The SMILES string of the molecule is C1=CC2c3c(-c4ccccc4N(c4ccc(-c5ccccc5)cc4)c4ccc(-n5c6ccccc6c6ccccc65)cc4)cccc3C3(c4ccccc4-c4ccccc43)C2C=C1. The molecule has 1 aromatic heterocycles. The van der Waals surface area contributed by atoms with E-state index in [1.165, 1.54) is 77.4 Å². The predicted molar refractivity (Wildman–Crippen MR) is 263 cm³/mol. The van der Waals surface area contributed by atoms with Gasteiger partial charge in [0.2, 0.25) is 0 Å². The molecule has 3 aliphatic rings. The number of benzene rings is 9. The molecule has 0 saturated heterocycles. The first-order valence-electron chi connectivity index (χ1n) is 22.1. The van der Waals surface area contributed by atoms with Crippen molar-refractivity contribution in [1.29, 1.82) is 0 Å². The summed E-state index contributed by atoms with van der Waals surface area (Å²) in [4.78, 5) is 2.46. The number of aromatic nitrogens is 1. The number of hydrogen-bond donors (Lipinski definition) is 0. The van der Waals surface area contributed by atoms with Crippen molar-refractivity contribution in [1.82, 2.24) is 4.57 Å². The highest BCUT2D eigenvalue weighted by molar-refractivity contribution is 6.09. The maximum absolute atomic E-state index is 2.48. The molecule has 13 rings (SSSR count). The van der Waals surface area contributed by atoms with Gasteiger partial charge in [0.15, 0.2) is 0 Å². The molecule has 2 atom stereocenters. The van der Waals surface area contributed by atoms with Gasteiger partial charge in [0.05, 0.1) is 22.1 Å². The van der Waals surface area contributed by atoms with Crippen molar-refractivity contribution in [2.24, 2.45) is 5.92 Å². The molecule has 0 fully saturated rings. The Morgan fingerprint density at radius 3 is 1.57 bits per heavy atom. The van der Waals surface area contributed by atoms with Crippen molar-refractivity contribution >= 4 is 38.9 Å². The first-order valence-corrected chi connectivity index (χ1v) is 22.1. The van der Waals surface area contributed by atoms with Crippen molar-refractivity contribution in [3.05, 3.63) is 265 Å². The van der Waals surface area contributed by atoms with Gasteiger partial charge in [0, 0.05) is 45.2 Å². The number of allylic oxidation sites excluding steroid dienone is 4. The van der Waals surface area contributed by atoms with E-state index in [-0.39, 0.29) is 17.3 Å². The van der Waals surface area contributed by atoms with E-state index in [9.17, 15) is 0 Å². The van der Waals surface area contributed by atoms with Crippen LogP contribution in [0.25, 0.3) is 60.9 Å². The van der Waals surface area contributed by atoms with E-state index in [0.29, 0.717) is 0 Å². The smallest absolute Gasteiger partial charge is 0.0541 e. The van der Waals surface area contributed by atoms with Gasteiger partial charge in [-0.2, -0.15) is 0 Å². The molecule has 10 aromatic rings. The minimum atomic E-state index is -0.297. The monoisotopic (exact) mass is 802 g/mol. The molecule has 2 nitrogen and oxygen atoms in total. The van der Waals surface area contributed by atoms with Gasteiger partial charge in [-0.05, 0) is 105 Å². The van der Waals surface area contributed by atoms with Gasteiger partial charge in [0.1, 0.15) is 0 Å². The standard InChI is InChI=1S/C61H42N2/c1-2-17-41(18-3-1)42-33-35-43(36-34-42)62(44-37-39-45(40-38-44)63-58-31-14-7-21-48(58)49-22-8-15-32-59(49)63)57-30-13-9-23-50(57)51-25-16-29-56-60(51)52-24-6-12-28-55(52)61(56)53-26-10-4-19-46(53)47-20-5-11-27-54(47)61/h1-40,52,55H. The van der Waals surface area contributed by atoms with Crippen LogP contribution in [0.4, 0.5) is 17.1 Å². The third kappa shape index (κ3) is 5.19. The molecule has 2 unspecified atom stereocenters. The van der Waals surface area contributed by atoms with Crippen LogP contribution in [0.5, 0.6) is 0 Å². The lowest BCUT2D eigenvalue weighted by atomic mass is 9.65. The van der Waals surface area contributed by atoms with Crippen LogP contribution in [-0.4, -0.2) is 4.57 Å². The lowest BCUT2D eigenvalue weighted by Gasteiger charge is -2.36. The Labute approximate surface area is 368 Å². The zero-order valence-electron chi connectivity index (χ0n) is 34.6. The van der Waals surface area contributed by atoms with Crippen LogP contribution in [0.1, 0.15) is 28.2 Å². The highest BCUT2D eigenvalue weighted by Gasteiger charge is 2.57. The molecule has 63 heavy (non-hydrogen) atoms. The average Bonchev–Trinajstić information content (AvgIpc) is 3.97. The summed E-state index contributed by atoms with van der Waals surface area (Å²) in [5.41, 5.74) is 19.8. The van der Waals surface area contributed by atoms with E-state index in [1.807, 2.05) is 0 Å². The Hall–Kier alpha value is -7.94. The van der Waals surface area contributed by atoms with Crippen LogP contribution >= 0.6 is 0 Å². The molecule has 9 aromatic carbocycles. The molecular weight excluding hydrogens is 761 g/mol. The van der Waals surface area contributed by atoms with Crippen LogP contribution < -0.4 is 4.90 Å². The Bertz CT molecular complexity index is 3360. The number of rotatable bonds is 6. The quantitative estimate of drug-likeness (QED) is 0.163. The fourth-order valence-corrected chi connectivity index (χ4v) is 11.6. The normalized spacial score (nSPS) is 16.3. The Kier molecular flexibility index (Phi) is 7.98. The largest absolute Gasteiger partial charge is 0.310 e. The lowest BCUT2D eigenvalue weighted by molar-refractivity contribution is 0.465. The second kappa shape index (κ2) is 14.1. The molecule has 1 heterocycles. The molecule has 0 bridgehead atoms. The highest BCUT2D eigenvalue weighted by atomic mass is 15.1. The van der Waals surface area contributed by atoms with Gasteiger partial charge >= 0.3 is 0 Å². The summed E-state index contributed by atoms with van der Waals surface area (Å²) in [5.74, 6) is 0.447. The van der Waals surface area contributed by atoms with Crippen molar-refractivity contribution in [2.45, 2.75) is 11.3 Å². The van der Waals surface area contributed by atoms with Gasteiger partial charge in [-0.1, -0.05) is 188 Å². The zero-order valence-corrected chi connectivity index (χ0v) is 34.6. The number of nitrogens with zero attached hydrogens (tertiary/aromatic N) is 2. The summed E-state index contributed by atoms with van der Waals surface area (Å²) >= 11 is 0. The van der Waals surface area contributed by atoms with E-state index in [1.54, 1.807) is 0 Å². The van der Waals surface area contributed by atoms with Crippen molar-refractivity contribution < 1.29 is 0 Å². The van der Waals surface area contributed by atoms with E-state index in [0.717, 1.165) is 22.7 Å². The first-order chi connectivity index (χ1) is 31.3. The molecule has 0 amide bonds. The fraction of sp³-hybridized carbons (Fsp3) is 0.0492. The predicted octanol–water partition coefficient (Wildman–Crippen LogP) is 15.7. The second-order valence-electron chi connectivity index (χ2n) is 17.1. The van der Waals surface area contributed by atoms with Crippen molar-refractivity contribution in [3.8, 4) is 39.1 Å². The van der Waals surface area contributed by atoms with E-state index >= 15 is 0 Å². The zero-order chi connectivity index (χ0) is 41.5. The molecular formula is C61H42N2. The van der Waals surface area contributed by atoms with Crippen LogP contribution in [0.15, 0.2) is 243 Å². The van der Waals surface area contributed by atoms with Crippen LogP contribution in [0.2, 0.25) is 0 Å². The molecule has 2 heteroatoms. The average molecular weight is 803 g/mol. The van der Waals surface area contributed by atoms with Crippen molar-refractivity contribution in [3.63, 3.8) is 0 Å². The van der Waals surface area contributed by atoms with Gasteiger partial charge < -0.3 is 9.47 Å². The Morgan fingerprint density at radius 2 is 0.889 bits per heavy atom. The maximum atomic E-state index is 2.48. The Balaban J connectivity index is 1.01. The molecule has 0 saturated carbocycles. The molecule has 296 valence electrons. The first kappa shape index (κ1) is 35.8. The fourth-order valence-electron chi connectivity index (χ4n) is 11.6. The van der Waals surface area contributed by atoms with E-state index in [2.05, 4.69) is 252 Å². The molecule has 0 radical (unpaired) electrons. The number of anilines is 3. The number of fused-ring (bicyclic) bond motifs is 13. The molecule has 0 aliphatic heterocycles. The van der Waals surface area contributed by atoms with E-state index in [4.69, 9.17) is 0 Å². The summed E-state index contributed by atoms with van der Waals surface area (Å²) in [6.07, 6.45) is 9.48. The molecule has 1 spiro atoms. The summed E-state index contributed by atoms with van der Waals surface area (Å²) in [6, 6.07) is 80.8. The maximum Gasteiger partial charge on any atom is 0.0541 e. The molecule has 3 aliphatic carbocycles.